The first-order valence-corrected chi connectivity index (χ1v) is 21.4. The van der Waals surface area contributed by atoms with Crippen LogP contribution in [0.4, 0.5) is 26.3 Å². The van der Waals surface area contributed by atoms with E-state index in [0.29, 0.717) is 38.9 Å². The van der Waals surface area contributed by atoms with E-state index >= 15 is 0 Å². The number of aromatic nitrogens is 2. The lowest BCUT2D eigenvalue weighted by Crippen LogP contribution is -2.27. The molecule has 0 saturated carbocycles. The Balaban J connectivity index is 0.000000204. The summed E-state index contributed by atoms with van der Waals surface area (Å²) < 4.78 is 86.9. The third kappa shape index (κ3) is 11.5. The zero-order valence-electron chi connectivity index (χ0n) is 37.2. The molecule has 0 saturated heterocycles. The molecule has 0 radical (unpaired) electrons. The molecule has 0 unspecified atom stereocenters. The van der Waals surface area contributed by atoms with E-state index in [1.807, 2.05) is 31.2 Å². The van der Waals surface area contributed by atoms with Crippen LogP contribution in [0, 0.1) is 0 Å². The zero-order chi connectivity index (χ0) is 49.6. The van der Waals surface area contributed by atoms with E-state index in [0.717, 1.165) is 46.2 Å². The predicted molar refractivity (Wildman–Crippen MR) is 248 cm³/mol. The van der Waals surface area contributed by atoms with Gasteiger partial charge < -0.3 is 29.6 Å². The number of amides is 2. The molecule has 2 heterocycles. The second kappa shape index (κ2) is 20.4. The zero-order valence-corrected chi connectivity index (χ0v) is 37.2. The largest absolute Gasteiger partial charge is 0.478 e. The molecule has 0 aliphatic carbocycles. The number of rotatable bonds is 12. The second-order valence-electron chi connectivity index (χ2n) is 16.2. The molecule has 2 atom stereocenters. The minimum atomic E-state index is -4.43. The number of carbonyl (C=O) groups is 4. The number of hydrogen-bond donors (Lipinski definition) is 3. The highest BCUT2D eigenvalue weighted by atomic mass is 19.4. The van der Waals surface area contributed by atoms with Gasteiger partial charge in [0.2, 0.25) is 0 Å². The molecule has 0 spiro atoms. The van der Waals surface area contributed by atoms with Crippen LogP contribution in [0.15, 0.2) is 158 Å². The van der Waals surface area contributed by atoms with Gasteiger partial charge in [-0.3, -0.25) is 9.59 Å². The van der Waals surface area contributed by atoms with Crippen LogP contribution in [-0.4, -0.2) is 45.1 Å². The lowest BCUT2D eigenvalue weighted by atomic mass is 10.0. The van der Waals surface area contributed by atoms with Crippen molar-refractivity contribution in [3.05, 3.63) is 214 Å². The lowest BCUT2D eigenvalue weighted by molar-refractivity contribution is -0.138. The van der Waals surface area contributed by atoms with Gasteiger partial charge in [0.1, 0.15) is 0 Å². The van der Waals surface area contributed by atoms with Crippen LogP contribution in [0.25, 0.3) is 21.8 Å². The summed E-state index contributed by atoms with van der Waals surface area (Å²) >= 11 is 0. The standard InChI is InChI=1S/C27H23F3N2O3.C26H21F3N2O3/c1-17(19-9-11-21(12-10-19)26(34)35-2)31-25(33)23-8-4-6-20-13-14-32(24(20)23)16-18-5-3-7-22(15-18)27(28,29)30;1-16(18-8-10-20(11-9-18)25(33)34)30-24(32)22-7-3-5-19-12-13-31(23(19)22)15-17-4-2-6-21(14-17)26(27,28)29/h3-15,17H,16H2,1-2H3,(H,31,33);2-14,16H,15H2,1H3,(H,30,32)(H,33,34)/t17-;16-/m00/s1. The summed E-state index contributed by atoms with van der Waals surface area (Å²) in [5.41, 5.74) is 3.68. The first-order valence-electron chi connectivity index (χ1n) is 21.4. The fourth-order valence-corrected chi connectivity index (χ4v) is 7.89. The van der Waals surface area contributed by atoms with E-state index in [1.54, 1.807) is 101 Å². The molecule has 8 aromatic rings. The Morgan fingerprint density at radius 3 is 1.32 bits per heavy atom. The Morgan fingerprint density at radius 1 is 0.551 bits per heavy atom. The molecular weight excluding hydrogens is 903 g/mol. The monoisotopic (exact) mass is 946 g/mol. The molecule has 2 aromatic heterocycles. The fourth-order valence-electron chi connectivity index (χ4n) is 7.89. The number of alkyl halides is 6. The highest BCUT2D eigenvalue weighted by Gasteiger charge is 2.31. The summed E-state index contributed by atoms with van der Waals surface area (Å²) in [7, 11) is 1.31. The number of nitrogens with one attached hydrogen (secondary N) is 2. The number of ether oxygens (including phenoxy) is 1. The van der Waals surface area contributed by atoms with E-state index in [9.17, 15) is 45.5 Å². The molecule has 8 rings (SSSR count). The average Bonchev–Trinajstić information content (AvgIpc) is 3.94. The van der Waals surface area contributed by atoms with E-state index in [1.165, 1.54) is 31.4 Å². The van der Waals surface area contributed by atoms with Crippen LogP contribution in [0.2, 0.25) is 0 Å². The maximum Gasteiger partial charge on any atom is 0.416 e. The van der Waals surface area contributed by atoms with Crippen molar-refractivity contribution in [2.24, 2.45) is 0 Å². The van der Waals surface area contributed by atoms with Gasteiger partial charge in [0, 0.05) is 36.3 Å². The average molecular weight is 947 g/mol. The third-order valence-electron chi connectivity index (χ3n) is 11.5. The van der Waals surface area contributed by atoms with Crippen molar-refractivity contribution in [1.29, 1.82) is 0 Å². The number of methoxy groups -OCH3 is 1. The summed E-state index contributed by atoms with van der Waals surface area (Å²) in [4.78, 5) is 49.0. The molecular formula is C53H44F6N4O6. The summed E-state index contributed by atoms with van der Waals surface area (Å²) in [5.74, 6) is -2.13. The summed E-state index contributed by atoms with van der Waals surface area (Å²) in [6.45, 7) is 3.97. The van der Waals surface area contributed by atoms with Gasteiger partial charge in [-0.1, -0.05) is 72.8 Å². The predicted octanol–water partition coefficient (Wildman–Crippen LogP) is 11.9. The molecule has 2 amide bonds. The molecule has 69 heavy (non-hydrogen) atoms. The molecule has 354 valence electrons. The van der Waals surface area contributed by atoms with Crippen molar-refractivity contribution in [1.82, 2.24) is 19.8 Å². The maximum atomic E-state index is 13.2. The van der Waals surface area contributed by atoms with Crippen LogP contribution >= 0.6 is 0 Å². The van der Waals surface area contributed by atoms with Crippen LogP contribution in [0.5, 0.6) is 0 Å². The van der Waals surface area contributed by atoms with E-state index in [4.69, 9.17) is 9.84 Å². The molecule has 16 heteroatoms. The van der Waals surface area contributed by atoms with Gasteiger partial charge in [-0.25, -0.2) is 9.59 Å². The SMILES string of the molecule is COC(=O)c1ccc([C@H](C)NC(=O)c2cccc3ccn(Cc4cccc(C(F)(F)F)c4)c23)cc1.C[C@H](NC(=O)c1cccc2ccn(Cc3cccc(C(F)(F)F)c3)c12)c1ccc(C(=O)O)cc1. The molecule has 0 aliphatic rings. The Bertz CT molecular complexity index is 3160. The number of carboxylic acid groups (broad SMARTS) is 1. The van der Waals surface area contributed by atoms with Crippen molar-refractivity contribution < 1.29 is 55.4 Å². The van der Waals surface area contributed by atoms with Gasteiger partial charge in [0.15, 0.2) is 0 Å². The number of fused-ring (bicyclic) bond motifs is 2. The quantitative estimate of drug-likeness (QED) is 0.0826. The Hall–Kier alpha value is -8.14. The number of aromatic carboxylic acids is 1. The van der Waals surface area contributed by atoms with Crippen molar-refractivity contribution in [3.63, 3.8) is 0 Å². The minimum absolute atomic E-state index is 0.152. The van der Waals surface area contributed by atoms with Crippen molar-refractivity contribution >= 4 is 45.6 Å². The van der Waals surface area contributed by atoms with Crippen LogP contribution < -0.4 is 10.6 Å². The second-order valence-corrected chi connectivity index (χ2v) is 16.2. The van der Waals surface area contributed by atoms with Crippen LogP contribution in [0.3, 0.4) is 0 Å². The lowest BCUT2D eigenvalue weighted by Gasteiger charge is -2.16. The Morgan fingerprint density at radius 2 is 0.942 bits per heavy atom. The third-order valence-corrected chi connectivity index (χ3v) is 11.5. The van der Waals surface area contributed by atoms with E-state index in [2.05, 4.69) is 10.6 Å². The van der Waals surface area contributed by atoms with Gasteiger partial charge in [-0.2, -0.15) is 26.3 Å². The minimum Gasteiger partial charge on any atom is -0.478 e. The van der Waals surface area contributed by atoms with Gasteiger partial charge in [-0.05, 0) is 109 Å². The number of esters is 1. The van der Waals surface area contributed by atoms with Gasteiger partial charge in [-0.15, -0.1) is 0 Å². The van der Waals surface area contributed by atoms with Crippen LogP contribution in [0.1, 0.15) is 101 Å². The molecule has 0 fully saturated rings. The van der Waals surface area contributed by atoms with E-state index < -0.39 is 41.5 Å². The number of halogens is 6. The fraction of sp³-hybridized carbons (Fsp3) is 0.170. The Labute approximate surface area is 391 Å². The smallest absolute Gasteiger partial charge is 0.416 e. The van der Waals surface area contributed by atoms with Gasteiger partial charge in [0.25, 0.3) is 11.8 Å². The summed E-state index contributed by atoms with van der Waals surface area (Å²) in [5, 5.41) is 16.5. The number of hydrogen-bond acceptors (Lipinski definition) is 5. The van der Waals surface area contributed by atoms with Gasteiger partial charge >= 0.3 is 24.3 Å². The summed E-state index contributed by atoms with van der Waals surface area (Å²) in [6.07, 6.45) is -5.35. The van der Waals surface area contributed by atoms with E-state index in [-0.39, 0.29) is 36.5 Å². The van der Waals surface area contributed by atoms with Gasteiger partial charge in [0.05, 0.1) is 63.6 Å². The number of nitrogens with zero attached hydrogens (tertiary/aromatic N) is 2. The molecule has 10 nitrogen and oxygen atoms in total. The first kappa shape index (κ1) is 48.8. The van der Waals surface area contributed by atoms with Crippen molar-refractivity contribution in [2.75, 3.05) is 7.11 Å². The number of carboxylic acids is 1. The molecule has 6 aromatic carbocycles. The maximum absolute atomic E-state index is 13.2. The highest BCUT2D eigenvalue weighted by molar-refractivity contribution is 6.07. The first-order chi connectivity index (χ1) is 32.8. The number of para-hydroxylation sites is 2. The van der Waals surface area contributed by atoms with Crippen molar-refractivity contribution in [2.45, 2.75) is 51.4 Å². The summed E-state index contributed by atoms with van der Waals surface area (Å²) in [6, 6.07) is 36.7. The number of carbonyl (C=O) groups excluding carboxylic acids is 3. The van der Waals surface area contributed by atoms with Crippen molar-refractivity contribution in [3.8, 4) is 0 Å². The normalized spacial score (nSPS) is 12.4. The topological polar surface area (TPSA) is 132 Å². The Kier molecular flexibility index (Phi) is 14.4. The van der Waals surface area contributed by atoms with Crippen LogP contribution in [-0.2, 0) is 30.2 Å². The highest BCUT2D eigenvalue weighted by Crippen LogP contribution is 2.32. The molecule has 0 bridgehead atoms. The molecule has 0 aliphatic heterocycles. The molecule has 3 N–H and O–H groups in total. The number of benzene rings is 6.